The SMILES string of the molecule is Cc1nn(C)c(NCCCS(C)(=O)=O)c1C(=O)O. The minimum atomic E-state index is -2.99. The van der Waals surface area contributed by atoms with Crippen molar-refractivity contribution in [3.05, 3.63) is 11.3 Å². The molecule has 0 aromatic carbocycles. The molecule has 0 atom stereocenters. The molecule has 0 spiro atoms. The van der Waals surface area contributed by atoms with Gasteiger partial charge in [0, 0.05) is 19.8 Å². The predicted molar refractivity (Wildman–Crippen MR) is 67.7 cm³/mol. The Morgan fingerprint density at radius 3 is 2.61 bits per heavy atom. The van der Waals surface area contributed by atoms with Crippen LogP contribution in [0.15, 0.2) is 0 Å². The third-order valence-corrected chi connectivity index (χ3v) is 3.45. The van der Waals surface area contributed by atoms with Gasteiger partial charge in [0.05, 0.1) is 11.4 Å². The number of hydrogen-bond donors (Lipinski definition) is 2. The summed E-state index contributed by atoms with van der Waals surface area (Å²) in [5, 5.41) is 16.0. The number of carboxylic acid groups (broad SMARTS) is 1. The lowest BCUT2D eigenvalue weighted by molar-refractivity contribution is 0.0697. The van der Waals surface area contributed by atoms with Crippen LogP contribution in [0.3, 0.4) is 0 Å². The summed E-state index contributed by atoms with van der Waals surface area (Å²) in [6.07, 6.45) is 1.59. The molecule has 1 aromatic heterocycles. The fourth-order valence-corrected chi connectivity index (χ4v) is 2.33. The first-order valence-electron chi connectivity index (χ1n) is 5.41. The second-order valence-electron chi connectivity index (χ2n) is 4.15. The molecule has 1 rings (SSSR count). The van der Waals surface area contributed by atoms with Crippen molar-refractivity contribution >= 4 is 21.6 Å². The lowest BCUT2D eigenvalue weighted by atomic mass is 10.2. The van der Waals surface area contributed by atoms with E-state index in [0.29, 0.717) is 24.5 Å². The highest BCUT2D eigenvalue weighted by Crippen LogP contribution is 2.18. The zero-order valence-electron chi connectivity index (χ0n) is 10.6. The van der Waals surface area contributed by atoms with E-state index in [1.807, 2.05) is 0 Å². The number of nitrogens with one attached hydrogen (secondary N) is 1. The number of aromatic nitrogens is 2. The molecule has 7 nitrogen and oxygen atoms in total. The van der Waals surface area contributed by atoms with E-state index in [9.17, 15) is 13.2 Å². The Morgan fingerprint density at radius 2 is 2.11 bits per heavy atom. The van der Waals surface area contributed by atoms with Crippen molar-refractivity contribution in [2.75, 3.05) is 23.9 Å². The predicted octanol–water partition coefficient (Wildman–Crippen LogP) is 0.273. The van der Waals surface area contributed by atoms with Gasteiger partial charge in [0.15, 0.2) is 0 Å². The highest BCUT2D eigenvalue weighted by Gasteiger charge is 2.19. The van der Waals surface area contributed by atoms with Crippen molar-refractivity contribution in [1.82, 2.24) is 9.78 Å². The zero-order valence-corrected chi connectivity index (χ0v) is 11.4. The number of aromatic carboxylic acids is 1. The quantitative estimate of drug-likeness (QED) is 0.723. The molecular weight excluding hydrogens is 258 g/mol. The van der Waals surface area contributed by atoms with Gasteiger partial charge in [0.1, 0.15) is 21.2 Å². The van der Waals surface area contributed by atoms with Gasteiger partial charge in [-0.05, 0) is 13.3 Å². The number of sulfone groups is 1. The van der Waals surface area contributed by atoms with Crippen LogP contribution < -0.4 is 5.32 Å². The average Bonchev–Trinajstić information content (AvgIpc) is 2.46. The highest BCUT2D eigenvalue weighted by atomic mass is 32.2. The lowest BCUT2D eigenvalue weighted by Crippen LogP contribution is -2.13. The number of nitrogens with zero attached hydrogens (tertiary/aromatic N) is 2. The first-order valence-corrected chi connectivity index (χ1v) is 7.47. The summed E-state index contributed by atoms with van der Waals surface area (Å²) in [5.41, 5.74) is 0.549. The molecule has 0 aliphatic heterocycles. The van der Waals surface area contributed by atoms with E-state index in [2.05, 4.69) is 10.4 Å². The summed E-state index contributed by atoms with van der Waals surface area (Å²) < 4.78 is 23.3. The van der Waals surface area contributed by atoms with E-state index in [4.69, 9.17) is 5.11 Å². The van der Waals surface area contributed by atoms with Crippen LogP contribution in [0.5, 0.6) is 0 Å². The normalized spacial score (nSPS) is 11.5. The van der Waals surface area contributed by atoms with Gasteiger partial charge in [-0.2, -0.15) is 5.10 Å². The maximum Gasteiger partial charge on any atom is 0.341 e. The molecule has 2 N–H and O–H groups in total. The summed E-state index contributed by atoms with van der Waals surface area (Å²) in [7, 11) is -1.35. The van der Waals surface area contributed by atoms with Gasteiger partial charge in [-0.3, -0.25) is 4.68 Å². The molecular formula is C10H17N3O4S. The maximum atomic E-state index is 11.1. The van der Waals surface area contributed by atoms with Gasteiger partial charge in [0.25, 0.3) is 0 Å². The lowest BCUT2D eigenvalue weighted by Gasteiger charge is -2.07. The molecule has 8 heteroatoms. The van der Waals surface area contributed by atoms with Crippen LogP contribution in [0.4, 0.5) is 5.82 Å². The third-order valence-electron chi connectivity index (χ3n) is 2.42. The number of aryl methyl sites for hydroxylation is 2. The summed E-state index contributed by atoms with van der Waals surface area (Å²) in [6.45, 7) is 2.00. The average molecular weight is 275 g/mol. The van der Waals surface area contributed by atoms with Crippen molar-refractivity contribution in [2.45, 2.75) is 13.3 Å². The van der Waals surface area contributed by atoms with Crippen LogP contribution in [0, 0.1) is 6.92 Å². The molecule has 0 amide bonds. The van der Waals surface area contributed by atoms with Crippen LogP contribution in [0.2, 0.25) is 0 Å². The molecule has 0 unspecified atom stereocenters. The summed E-state index contributed by atoms with van der Waals surface area (Å²) in [6, 6.07) is 0. The van der Waals surface area contributed by atoms with E-state index in [1.165, 1.54) is 10.9 Å². The van der Waals surface area contributed by atoms with E-state index in [0.717, 1.165) is 0 Å². The van der Waals surface area contributed by atoms with Crippen molar-refractivity contribution in [2.24, 2.45) is 7.05 Å². The van der Waals surface area contributed by atoms with Gasteiger partial charge in [-0.1, -0.05) is 0 Å². The van der Waals surface area contributed by atoms with Crippen molar-refractivity contribution in [3.8, 4) is 0 Å². The smallest absolute Gasteiger partial charge is 0.341 e. The summed E-state index contributed by atoms with van der Waals surface area (Å²) in [4.78, 5) is 11.1. The standard InChI is InChI=1S/C10H17N3O4S/c1-7-8(10(14)15)9(13(2)12-7)11-5-4-6-18(3,16)17/h11H,4-6H2,1-3H3,(H,14,15). The molecule has 1 aromatic rings. The van der Waals surface area contributed by atoms with Crippen LogP contribution in [-0.4, -0.2) is 47.8 Å². The third kappa shape index (κ3) is 3.73. The second kappa shape index (κ2) is 5.38. The zero-order chi connectivity index (χ0) is 13.9. The molecule has 0 fully saturated rings. The molecule has 102 valence electrons. The summed E-state index contributed by atoms with van der Waals surface area (Å²) in [5.74, 6) is -0.584. The van der Waals surface area contributed by atoms with Gasteiger partial charge >= 0.3 is 5.97 Å². The van der Waals surface area contributed by atoms with Gasteiger partial charge in [-0.15, -0.1) is 0 Å². The van der Waals surface area contributed by atoms with E-state index < -0.39 is 15.8 Å². The molecule has 0 radical (unpaired) electrons. The Labute approximate surface area is 106 Å². The Kier molecular flexibility index (Phi) is 4.33. The number of carboxylic acids is 1. The van der Waals surface area contributed by atoms with Gasteiger partial charge < -0.3 is 10.4 Å². The fourth-order valence-electron chi connectivity index (χ4n) is 1.66. The number of hydrogen-bond acceptors (Lipinski definition) is 5. The molecule has 1 heterocycles. The van der Waals surface area contributed by atoms with Gasteiger partial charge in [0.2, 0.25) is 0 Å². The maximum absolute atomic E-state index is 11.1. The first kappa shape index (κ1) is 14.5. The number of anilines is 1. The fraction of sp³-hybridized carbons (Fsp3) is 0.600. The Hall–Kier alpha value is -1.57. The van der Waals surface area contributed by atoms with E-state index >= 15 is 0 Å². The van der Waals surface area contributed by atoms with E-state index in [1.54, 1.807) is 14.0 Å². The minimum absolute atomic E-state index is 0.0687. The molecule has 18 heavy (non-hydrogen) atoms. The van der Waals surface area contributed by atoms with Crippen LogP contribution >= 0.6 is 0 Å². The highest BCUT2D eigenvalue weighted by molar-refractivity contribution is 7.90. The van der Waals surface area contributed by atoms with Crippen LogP contribution in [0.25, 0.3) is 0 Å². The monoisotopic (exact) mass is 275 g/mol. The topological polar surface area (TPSA) is 101 Å². The van der Waals surface area contributed by atoms with Crippen LogP contribution in [-0.2, 0) is 16.9 Å². The molecule has 0 aliphatic carbocycles. The minimum Gasteiger partial charge on any atom is -0.477 e. The summed E-state index contributed by atoms with van der Waals surface area (Å²) >= 11 is 0. The van der Waals surface area contributed by atoms with Gasteiger partial charge in [-0.25, -0.2) is 13.2 Å². The number of rotatable bonds is 6. The Balaban J connectivity index is 2.70. The Bertz CT molecular complexity index is 548. The van der Waals surface area contributed by atoms with Crippen molar-refractivity contribution < 1.29 is 18.3 Å². The van der Waals surface area contributed by atoms with E-state index in [-0.39, 0.29) is 11.3 Å². The van der Waals surface area contributed by atoms with Crippen molar-refractivity contribution in [1.29, 1.82) is 0 Å². The number of carbonyl (C=O) groups is 1. The van der Waals surface area contributed by atoms with Crippen molar-refractivity contribution in [3.63, 3.8) is 0 Å². The molecule has 0 aliphatic rings. The molecule has 0 saturated carbocycles. The second-order valence-corrected chi connectivity index (χ2v) is 6.41. The van der Waals surface area contributed by atoms with Crippen LogP contribution in [0.1, 0.15) is 22.5 Å². The largest absolute Gasteiger partial charge is 0.477 e. The Morgan fingerprint density at radius 1 is 1.50 bits per heavy atom. The first-order chi connectivity index (χ1) is 8.22. The molecule has 0 bridgehead atoms. The molecule has 0 saturated heterocycles.